The minimum Gasteiger partial charge on any atom is -0.392 e. The van der Waals surface area contributed by atoms with Crippen molar-refractivity contribution in [3.05, 3.63) is 17.5 Å². The Morgan fingerprint density at radius 1 is 1.65 bits per heavy atom. The van der Waals surface area contributed by atoms with Crippen LogP contribution in [0.1, 0.15) is 31.7 Å². The summed E-state index contributed by atoms with van der Waals surface area (Å²) < 4.78 is 7.38. The molecule has 1 aliphatic rings. The second kappa shape index (κ2) is 5.19. The fourth-order valence-corrected chi connectivity index (χ4v) is 2.55. The average molecular weight is 238 g/mol. The molecule has 1 saturated heterocycles. The van der Waals surface area contributed by atoms with Gasteiger partial charge in [-0.2, -0.15) is 5.10 Å². The highest BCUT2D eigenvalue weighted by Crippen LogP contribution is 2.25. The van der Waals surface area contributed by atoms with E-state index in [-0.39, 0.29) is 18.1 Å². The zero-order valence-corrected chi connectivity index (χ0v) is 10.9. The lowest BCUT2D eigenvalue weighted by Crippen LogP contribution is -2.28. The summed E-state index contributed by atoms with van der Waals surface area (Å²) in [7, 11) is 1.94. The SMILES string of the molecule is CCc1cc(CC(O)C2CCOC2C)n(C)n1. The molecule has 3 atom stereocenters. The van der Waals surface area contributed by atoms with Crippen LogP contribution < -0.4 is 0 Å². The van der Waals surface area contributed by atoms with E-state index in [2.05, 4.69) is 18.1 Å². The topological polar surface area (TPSA) is 47.3 Å². The Labute approximate surface area is 103 Å². The maximum absolute atomic E-state index is 10.3. The Bertz CT molecular complexity index is 375. The standard InChI is InChI=1S/C13H22N2O2/c1-4-10-7-11(15(3)14-10)8-13(16)12-5-6-17-9(12)2/h7,9,12-13,16H,4-6,8H2,1-3H3. The van der Waals surface area contributed by atoms with E-state index in [0.717, 1.165) is 30.8 Å². The molecule has 1 aromatic heterocycles. The van der Waals surface area contributed by atoms with Crippen molar-refractivity contribution in [2.75, 3.05) is 6.61 Å². The molecule has 3 unspecified atom stereocenters. The summed E-state index contributed by atoms with van der Waals surface area (Å²) in [5, 5.41) is 14.7. The van der Waals surface area contributed by atoms with Gasteiger partial charge in [-0.3, -0.25) is 4.68 Å². The highest BCUT2D eigenvalue weighted by atomic mass is 16.5. The Kier molecular flexibility index (Phi) is 3.84. The van der Waals surface area contributed by atoms with E-state index in [0.29, 0.717) is 6.42 Å². The highest BCUT2D eigenvalue weighted by Gasteiger charge is 2.31. The maximum atomic E-state index is 10.3. The molecule has 17 heavy (non-hydrogen) atoms. The molecule has 4 nitrogen and oxygen atoms in total. The monoisotopic (exact) mass is 238 g/mol. The molecule has 96 valence electrons. The van der Waals surface area contributed by atoms with Crippen LogP contribution in [0.15, 0.2) is 6.07 Å². The van der Waals surface area contributed by atoms with Crippen LogP contribution >= 0.6 is 0 Å². The van der Waals surface area contributed by atoms with Crippen molar-refractivity contribution in [2.45, 2.75) is 45.3 Å². The summed E-state index contributed by atoms with van der Waals surface area (Å²) in [5.41, 5.74) is 2.19. The summed E-state index contributed by atoms with van der Waals surface area (Å²) >= 11 is 0. The van der Waals surface area contributed by atoms with E-state index in [1.807, 2.05) is 18.7 Å². The number of aryl methyl sites for hydroxylation is 2. The normalized spacial score (nSPS) is 26.4. The molecule has 0 radical (unpaired) electrons. The average Bonchev–Trinajstić information content (AvgIpc) is 2.86. The van der Waals surface area contributed by atoms with E-state index in [1.54, 1.807) is 0 Å². The largest absolute Gasteiger partial charge is 0.392 e. The molecule has 1 aromatic rings. The molecule has 1 fully saturated rings. The van der Waals surface area contributed by atoms with Gasteiger partial charge in [0.15, 0.2) is 0 Å². The smallest absolute Gasteiger partial charge is 0.0649 e. The Hall–Kier alpha value is -0.870. The van der Waals surface area contributed by atoms with Crippen molar-refractivity contribution in [3.8, 4) is 0 Å². The van der Waals surface area contributed by atoms with Crippen LogP contribution in [0.3, 0.4) is 0 Å². The molecular formula is C13H22N2O2. The fourth-order valence-electron chi connectivity index (χ4n) is 2.55. The van der Waals surface area contributed by atoms with Crippen LogP contribution in [0, 0.1) is 5.92 Å². The van der Waals surface area contributed by atoms with Gasteiger partial charge < -0.3 is 9.84 Å². The predicted molar refractivity (Wildman–Crippen MR) is 65.8 cm³/mol. The Balaban J connectivity index is 2.01. The molecule has 0 saturated carbocycles. The third-order valence-electron chi connectivity index (χ3n) is 3.74. The first-order valence-electron chi connectivity index (χ1n) is 6.43. The molecule has 0 aliphatic carbocycles. The van der Waals surface area contributed by atoms with Crippen LogP contribution in [0.25, 0.3) is 0 Å². The van der Waals surface area contributed by atoms with Gasteiger partial charge in [0, 0.05) is 31.7 Å². The molecule has 4 heteroatoms. The zero-order chi connectivity index (χ0) is 12.4. The molecule has 2 heterocycles. The number of aliphatic hydroxyl groups excluding tert-OH is 1. The molecule has 1 N–H and O–H groups in total. The van der Waals surface area contributed by atoms with E-state index in [9.17, 15) is 5.11 Å². The van der Waals surface area contributed by atoms with Crippen LogP contribution in [0.2, 0.25) is 0 Å². The van der Waals surface area contributed by atoms with Crippen LogP contribution in [-0.4, -0.2) is 33.7 Å². The Morgan fingerprint density at radius 2 is 2.41 bits per heavy atom. The number of hydrogen-bond donors (Lipinski definition) is 1. The summed E-state index contributed by atoms with van der Waals surface area (Å²) in [5.74, 6) is 0.259. The quantitative estimate of drug-likeness (QED) is 0.860. The second-order valence-electron chi connectivity index (χ2n) is 4.90. The van der Waals surface area contributed by atoms with Gasteiger partial charge in [0.1, 0.15) is 0 Å². The fraction of sp³-hybridized carbons (Fsp3) is 0.769. The van der Waals surface area contributed by atoms with Crippen LogP contribution in [0.4, 0.5) is 0 Å². The van der Waals surface area contributed by atoms with Gasteiger partial charge in [-0.15, -0.1) is 0 Å². The lowest BCUT2D eigenvalue weighted by atomic mass is 9.92. The van der Waals surface area contributed by atoms with Crippen molar-refractivity contribution in [1.29, 1.82) is 0 Å². The van der Waals surface area contributed by atoms with Crippen LogP contribution in [0.5, 0.6) is 0 Å². The van der Waals surface area contributed by atoms with Crippen molar-refractivity contribution in [1.82, 2.24) is 9.78 Å². The lowest BCUT2D eigenvalue weighted by molar-refractivity contribution is 0.0432. The first-order chi connectivity index (χ1) is 8.11. The van der Waals surface area contributed by atoms with E-state index >= 15 is 0 Å². The second-order valence-corrected chi connectivity index (χ2v) is 4.90. The van der Waals surface area contributed by atoms with Crippen molar-refractivity contribution in [3.63, 3.8) is 0 Å². The number of nitrogens with zero attached hydrogens (tertiary/aromatic N) is 2. The van der Waals surface area contributed by atoms with Gasteiger partial charge in [-0.05, 0) is 25.8 Å². The molecular weight excluding hydrogens is 216 g/mol. The minimum atomic E-state index is -0.326. The predicted octanol–water partition coefficient (Wildman–Crippen LogP) is 1.31. The molecule has 0 aromatic carbocycles. The molecule has 1 aliphatic heterocycles. The maximum Gasteiger partial charge on any atom is 0.0649 e. The summed E-state index contributed by atoms with van der Waals surface area (Å²) in [6.07, 6.45) is 2.41. The lowest BCUT2D eigenvalue weighted by Gasteiger charge is -2.20. The first-order valence-corrected chi connectivity index (χ1v) is 6.43. The molecule has 0 spiro atoms. The number of aromatic nitrogens is 2. The minimum absolute atomic E-state index is 0.170. The molecule has 0 bridgehead atoms. The van der Waals surface area contributed by atoms with Gasteiger partial charge >= 0.3 is 0 Å². The zero-order valence-electron chi connectivity index (χ0n) is 10.9. The molecule has 0 amide bonds. The third-order valence-corrected chi connectivity index (χ3v) is 3.74. The number of hydrogen-bond acceptors (Lipinski definition) is 3. The van der Waals surface area contributed by atoms with Gasteiger partial charge in [-0.1, -0.05) is 6.92 Å². The number of rotatable bonds is 4. The summed E-state index contributed by atoms with van der Waals surface area (Å²) in [4.78, 5) is 0. The first kappa shape index (κ1) is 12.6. The number of ether oxygens (including phenoxy) is 1. The van der Waals surface area contributed by atoms with E-state index in [1.165, 1.54) is 0 Å². The number of aliphatic hydroxyl groups is 1. The highest BCUT2D eigenvalue weighted by molar-refractivity contribution is 5.11. The van der Waals surface area contributed by atoms with Gasteiger partial charge in [0.25, 0.3) is 0 Å². The van der Waals surface area contributed by atoms with Gasteiger partial charge in [0.05, 0.1) is 17.9 Å². The van der Waals surface area contributed by atoms with E-state index in [4.69, 9.17) is 4.74 Å². The third kappa shape index (κ3) is 2.69. The van der Waals surface area contributed by atoms with Crippen molar-refractivity contribution < 1.29 is 9.84 Å². The van der Waals surface area contributed by atoms with E-state index < -0.39 is 0 Å². The van der Waals surface area contributed by atoms with Crippen molar-refractivity contribution in [2.24, 2.45) is 13.0 Å². The van der Waals surface area contributed by atoms with Gasteiger partial charge in [0.2, 0.25) is 0 Å². The van der Waals surface area contributed by atoms with Gasteiger partial charge in [-0.25, -0.2) is 0 Å². The van der Waals surface area contributed by atoms with Crippen LogP contribution in [-0.2, 0) is 24.6 Å². The summed E-state index contributed by atoms with van der Waals surface area (Å²) in [6.45, 7) is 4.91. The molecule has 2 rings (SSSR count). The van der Waals surface area contributed by atoms with Crippen molar-refractivity contribution >= 4 is 0 Å². The summed E-state index contributed by atoms with van der Waals surface area (Å²) in [6, 6.07) is 2.09. The Morgan fingerprint density at radius 3 is 2.94 bits per heavy atom.